The summed E-state index contributed by atoms with van der Waals surface area (Å²) in [4.78, 5) is 8.66. The number of carbonyl (C=O) groups excluding carboxylic acids is 1. The minimum Gasteiger partial charge on any atom is -0.281 e. The summed E-state index contributed by atoms with van der Waals surface area (Å²) in [6.07, 6.45) is -11.7. The summed E-state index contributed by atoms with van der Waals surface area (Å²) in [6.45, 7) is -1.24. The normalized spacial score (nSPS) is 13.2. The first kappa shape index (κ1) is 15.5. The first-order valence-corrected chi connectivity index (χ1v) is 4.52. The molecule has 0 rings (SSSR count). The van der Waals surface area contributed by atoms with Crippen molar-refractivity contribution in [1.82, 2.24) is 4.90 Å². The van der Waals surface area contributed by atoms with Crippen molar-refractivity contribution in [3.8, 4) is 0 Å². The number of unbranched alkanes of at least 4 members (excludes halogenated alkanes) is 1. The molecule has 9 heteroatoms. The van der Waals surface area contributed by atoms with E-state index in [1.807, 2.05) is 0 Å². The summed E-state index contributed by atoms with van der Waals surface area (Å²) >= 11 is 4.88. The lowest BCUT2D eigenvalue weighted by Crippen LogP contribution is -2.48. The van der Waals surface area contributed by atoms with E-state index in [1.54, 1.807) is 0 Å². The highest BCUT2D eigenvalue weighted by Gasteiger charge is 2.53. The number of halogens is 7. The van der Waals surface area contributed by atoms with E-state index in [-0.39, 0.29) is 12.8 Å². The van der Waals surface area contributed by atoms with E-state index in [1.165, 1.54) is 0 Å². The second-order valence-corrected chi connectivity index (χ2v) is 3.32. The van der Waals surface area contributed by atoms with Gasteiger partial charge in [0.1, 0.15) is 0 Å². The molecule has 0 N–H and O–H groups in total. The number of carbonyl (C=O) groups is 1. The maximum atomic E-state index is 11.9. The van der Waals surface area contributed by atoms with Gasteiger partial charge in [-0.05, 0) is 24.4 Å². The van der Waals surface area contributed by atoms with Crippen molar-refractivity contribution in [3.63, 3.8) is 0 Å². The molecule has 0 aromatic rings. The Kier molecular flexibility index (Phi) is 5.54. The molecule has 2 nitrogen and oxygen atoms in total. The molecule has 0 aliphatic carbocycles. The van der Waals surface area contributed by atoms with Crippen LogP contribution in [0.4, 0.5) is 26.3 Å². The molecular formula is C7H8ClF6NO. The van der Waals surface area contributed by atoms with Crippen LogP contribution in [0.1, 0.15) is 19.3 Å². The molecule has 0 saturated heterocycles. The van der Waals surface area contributed by atoms with Crippen molar-refractivity contribution in [2.75, 3.05) is 6.54 Å². The van der Waals surface area contributed by atoms with Gasteiger partial charge in [-0.25, -0.2) is 0 Å². The van der Waals surface area contributed by atoms with E-state index in [4.69, 9.17) is 11.6 Å². The molecule has 0 heterocycles. The molecule has 0 spiro atoms. The van der Waals surface area contributed by atoms with Crippen LogP contribution >= 0.6 is 11.6 Å². The molecule has 0 fully saturated rings. The maximum absolute atomic E-state index is 11.9. The van der Waals surface area contributed by atoms with Crippen molar-refractivity contribution >= 4 is 16.8 Å². The molecule has 96 valence electrons. The van der Waals surface area contributed by atoms with Crippen LogP contribution in [0.25, 0.3) is 0 Å². The van der Waals surface area contributed by atoms with Gasteiger partial charge in [0.05, 0.1) is 0 Å². The Morgan fingerprint density at radius 2 is 1.44 bits per heavy atom. The number of alkyl halides is 6. The van der Waals surface area contributed by atoms with Crippen molar-refractivity contribution in [2.45, 2.75) is 31.9 Å². The topological polar surface area (TPSA) is 20.3 Å². The summed E-state index contributed by atoms with van der Waals surface area (Å²) in [5, 5.41) is -0.787. The third-order valence-corrected chi connectivity index (χ3v) is 1.81. The predicted molar refractivity (Wildman–Crippen MR) is 43.5 cm³/mol. The maximum Gasteiger partial charge on any atom is 0.467 e. The van der Waals surface area contributed by atoms with E-state index in [0.717, 1.165) is 0 Å². The third-order valence-electron chi connectivity index (χ3n) is 1.62. The molecule has 0 radical (unpaired) electrons. The zero-order chi connectivity index (χ0) is 13.0. The molecular weight excluding hydrogens is 264 g/mol. The molecule has 0 aromatic heterocycles. The summed E-state index contributed by atoms with van der Waals surface area (Å²) in [5.74, 6) is 0. The summed E-state index contributed by atoms with van der Waals surface area (Å²) < 4.78 is 71.5. The summed E-state index contributed by atoms with van der Waals surface area (Å²) in [6, 6.07) is 0. The highest BCUT2D eigenvalue weighted by atomic mass is 35.5. The average Bonchev–Trinajstić information content (AvgIpc) is 1.97. The number of hydrogen-bond donors (Lipinski definition) is 0. The van der Waals surface area contributed by atoms with Gasteiger partial charge >= 0.3 is 12.6 Å². The monoisotopic (exact) mass is 271 g/mol. The zero-order valence-electron chi connectivity index (χ0n) is 7.83. The molecule has 0 aliphatic rings. The highest BCUT2D eigenvalue weighted by Crippen LogP contribution is 2.33. The van der Waals surface area contributed by atoms with E-state index in [0.29, 0.717) is 0 Å². The van der Waals surface area contributed by atoms with Crippen LogP contribution in [-0.4, -0.2) is 29.3 Å². The minimum absolute atomic E-state index is 0.120. The number of nitrogens with zero attached hydrogens (tertiary/aromatic N) is 1. The van der Waals surface area contributed by atoms with Crippen LogP contribution in [0.15, 0.2) is 0 Å². The Morgan fingerprint density at radius 3 is 1.75 bits per heavy atom. The lowest BCUT2D eigenvalue weighted by Gasteiger charge is -2.26. The Bertz CT molecular complexity index is 224. The first-order chi connectivity index (χ1) is 7.05. The molecule has 0 unspecified atom stereocenters. The SMILES string of the molecule is O=C(Cl)CCCCN(C(F)(F)F)C(F)(F)F. The fraction of sp³-hybridized carbons (Fsp3) is 0.857. The molecule has 0 aliphatic heterocycles. The number of hydrogen-bond acceptors (Lipinski definition) is 2. The minimum atomic E-state index is -5.47. The van der Waals surface area contributed by atoms with Gasteiger partial charge in [0, 0.05) is 13.0 Å². The standard InChI is InChI=1S/C7H8ClF6NO/c8-5(16)3-1-2-4-15(6(9,10)11)7(12,13)14/h1-4H2. The summed E-state index contributed by atoms with van der Waals surface area (Å²) in [5.41, 5.74) is 0. The van der Waals surface area contributed by atoms with Crippen LogP contribution < -0.4 is 0 Å². The van der Waals surface area contributed by atoms with Crippen molar-refractivity contribution in [2.24, 2.45) is 0 Å². The van der Waals surface area contributed by atoms with Gasteiger partial charge in [-0.3, -0.25) is 4.79 Å². The lowest BCUT2D eigenvalue weighted by atomic mass is 10.2. The lowest BCUT2D eigenvalue weighted by molar-refractivity contribution is -0.372. The van der Waals surface area contributed by atoms with E-state index in [2.05, 4.69) is 0 Å². The van der Waals surface area contributed by atoms with Gasteiger partial charge in [-0.1, -0.05) is 0 Å². The largest absolute Gasteiger partial charge is 0.467 e. The van der Waals surface area contributed by atoms with Gasteiger partial charge in [-0.15, -0.1) is 4.90 Å². The molecule has 0 saturated carbocycles. The van der Waals surface area contributed by atoms with Crippen LogP contribution in [-0.2, 0) is 4.79 Å². The van der Waals surface area contributed by atoms with Gasteiger partial charge in [0.15, 0.2) is 0 Å². The van der Waals surface area contributed by atoms with Crippen LogP contribution in [0.3, 0.4) is 0 Å². The van der Waals surface area contributed by atoms with Crippen LogP contribution in [0, 0.1) is 0 Å². The van der Waals surface area contributed by atoms with Gasteiger partial charge in [0.2, 0.25) is 5.24 Å². The Morgan fingerprint density at radius 1 is 1.00 bits per heavy atom. The van der Waals surface area contributed by atoms with Crippen molar-refractivity contribution in [1.29, 1.82) is 0 Å². The molecule has 0 aromatic carbocycles. The number of rotatable bonds is 5. The predicted octanol–water partition coefficient (Wildman–Crippen LogP) is 3.26. The quantitative estimate of drug-likeness (QED) is 0.331. The van der Waals surface area contributed by atoms with Crippen molar-refractivity contribution < 1.29 is 31.1 Å². The Balaban J connectivity index is 4.21. The van der Waals surface area contributed by atoms with Crippen molar-refractivity contribution in [3.05, 3.63) is 0 Å². The van der Waals surface area contributed by atoms with Crippen LogP contribution in [0.5, 0.6) is 0 Å². The molecule has 0 bridgehead atoms. The Labute approximate surface area is 92.1 Å². The molecule has 16 heavy (non-hydrogen) atoms. The zero-order valence-corrected chi connectivity index (χ0v) is 8.59. The second kappa shape index (κ2) is 5.72. The second-order valence-electron chi connectivity index (χ2n) is 2.90. The summed E-state index contributed by atoms with van der Waals surface area (Å²) in [7, 11) is 0. The van der Waals surface area contributed by atoms with E-state index < -0.39 is 35.7 Å². The molecule has 0 atom stereocenters. The molecule has 0 amide bonds. The highest BCUT2D eigenvalue weighted by molar-refractivity contribution is 6.63. The van der Waals surface area contributed by atoms with E-state index >= 15 is 0 Å². The van der Waals surface area contributed by atoms with Gasteiger partial charge < -0.3 is 0 Å². The average molecular weight is 272 g/mol. The van der Waals surface area contributed by atoms with E-state index in [9.17, 15) is 31.1 Å². The fourth-order valence-corrected chi connectivity index (χ4v) is 1.06. The Hall–Kier alpha value is -0.500. The fourth-order valence-electron chi connectivity index (χ4n) is 0.931. The smallest absolute Gasteiger partial charge is 0.281 e. The first-order valence-electron chi connectivity index (χ1n) is 4.14. The van der Waals surface area contributed by atoms with Gasteiger partial charge in [0.25, 0.3) is 0 Å². The van der Waals surface area contributed by atoms with Gasteiger partial charge in [-0.2, -0.15) is 26.3 Å². The van der Waals surface area contributed by atoms with Crippen LogP contribution in [0.2, 0.25) is 0 Å². The third kappa shape index (κ3) is 6.16.